The van der Waals surface area contributed by atoms with E-state index >= 15 is 0 Å². The van der Waals surface area contributed by atoms with Crippen LogP contribution in [0.15, 0.2) is 18.2 Å². The standard InChI is InChI=1S/C15H13N3O5/c16-13(21)12(20)8-3-1-2-7-6-18(15(23)11(7)8)9-4-5-10(19)17-14(9)22/h1-3,9H,4-6H2,(H2,16,21)(H,17,19,22). The number of rotatable bonds is 3. The lowest BCUT2D eigenvalue weighted by molar-refractivity contribution is -0.136. The zero-order valence-corrected chi connectivity index (χ0v) is 12.0. The average Bonchev–Trinajstić information content (AvgIpc) is 2.83. The molecule has 118 valence electrons. The molecule has 2 aliphatic heterocycles. The van der Waals surface area contributed by atoms with Gasteiger partial charge in [-0.05, 0) is 12.0 Å². The molecule has 0 spiro atoms. The van der Waals surface area contributed by atoms with Crippen molar-refractivity contribution < 1.29 is 24.0 Å². The van der Waals surface area contributed by atoms with Crippen LogP contribution in [0.4, 0.5) is 0 Å². The highest BCUT2D eigenvalue weighted by Gasteiger charge is 2.40. The van der Waals surface area contributed by atoms with Gasteiger partial charge in [-0.2, -0.15) is 0 Å². The molecular formula is C15H13N3O5. The minimum absolute atomic E-state index is 0.0604. The van der Waals surface area contributed by atoms with E-state index in [2.05, 4.69) is 5.32 Å². The summed E-state index contributed by atoms with van der Waals surface area (Å²) in [5, 5.41) is 2.20. The molecule has 4 amide bonds. The van der Waals surface area contributed by atoms with E-state index in [4.69, 9.17) is 5.73 Å². The van der Waals surface area contributed by atoms with Crippen molar-refractivity contribution in [1.82, 2.24) is 10.2 Å². The summed E-state index contributed by atoms with van der Waals surface area (Å²) in [5.41, 5.74) is 5.59. The van der Waals surface area contributed by atoms with Crippen molar-refractivity contribution in [1.29, 1.82) is 0 Å². The molecule has 1 aromatic rings. The Kier molecular flexibility index (Phi) is 3.44. The van der Waals surface area contributed by atoms with E-state index < -0.39 is 29.5 Å². The van der Waals surface area contributed by atoms with Crippen molar-refractivity contribution >= 4 is 29.4 Å². The highest BCUT2D eigenvalue weighted by molar-refractivity contribution is 6.43. The summed E-state index contributed by atoms with van der Waals surface area (Å²) in [6, 6.07) is 3.79. The second kappa shape index (κ2) is 5.31. The topological polar surface area (TPSA) is 127 Å². The lowest BCUT2D eigenvalue weighted by atomic mass is 9.99. The number of carbonyl (C=O) groups is 5. The molecule has 3 N–H and O–H groups in total. The number of amides is 4. The molecule has 0 radical (unpaired) electrons. The molecule has 1 aromatic carbocycles. The fourth-order valence-corrected chi connectivity index (χ4v) is 2.94. The van der Waals surface area contributed by atoms with Crippen molar-refractivity contribution in [3.05, 3.63) is 34.9 Å². The van der Waals surface area contributed by atoms with Gasteiger partial charge in [0.25, 0.3) is 17.6 Å². The highest BCUT2D eigenvalue weighted by atomic mass is 16.2. The molecule has 0 aliphatic carbocycles. The number of carbonyl (C=O) groups excluding carboxylic acids is 5. The number of hydrogen-bond donors (Lipinski definition) is 2. The van der Waals surface area contributed by atoms with Gasteiger partial charge in [0.2, 0.25) is 11.8 Å². The minimum Gasteiger partial charge on any atom is -0.363 e. The van der Waals surface area contributed by atoms with Gasteiger partial charge in [0.05, 0.1) is 5.56 Å². The van der Waals surface area contributed by atoms with Crippen LogP contribution in [0, 0.1) is 0 Å². The number of nitrogens with one attached hydrogen (secondary N) is 1. The maximum absolute atomic E-state index is 12.6. The van der Waals surface area contributed by atoms with Crippen molar-refractivity contribution in [3.63, 3.8) is 0 Å². The van der Waals surface area contributed by atoms with E-state index in [-0.39, 0.29) is 36.4 Å². The number of Topliss-reactive ketones (excluding diaryl/α,β-unsaturated/α-hetero) is 1. The molecule has 1 fully saturated rings. The number of hydrogen-bond acceptors (Lipinski definition) is 5. The summed E-state index contributed by atoms with van der Waals surface area (Å²) in [6.07, 6.45) is 0.368. The molecule has 1 atom stereocenters. The number of imide groups is 1. The maximum atomic E-state index is 12.6. The minimum atomic E-state index is -1.15. The monoisotopic (exact) mass is 315 g/mol. The third-order valence-corrected chi connectivity index (χ3v) is 4.02. The number of nitrogens with two attached hydrogens (primary N) is 1. The van der Waals surface area contributed by atoms with Gasteiger partial charge < -0.3 is 10.6 Å². The van der Waals surface area contributed by atoms with Crippen LogP contribution in [-0.2, 0) is 20.9 Å². The van der Waals surface area contributed by atoms with E-state index in [1.54, 1.807) is 12.1 Å². The normalized spacial score (nSPS) is 20.3. The zero-order valence-electron chi connectivity index (χ0n) is 12.0. The molecule has 0 bridgehead atoms. The first-order valence-electron chi connectivity index (χ1n) is 7.01. The smallest absolute Gasteiger partial charge is 0.289 e. The Morgan fingerprint density at radius 3 is 2.61 bits per heavy atom. The molecule has 1 unspecified atom stereocenters. The van der Waals surface area contributed by atoms with Crippen molar-refractivity contribution in [2.45, 2.75) is 25.4 Å². The highest BCUT2D eigenvalue weighted by Crippen LogP contribution is 2.29. The fourth-order valence-electron chi connectivity index (χ4n) is 2.94. The van der Waals surface area contributed by atoms with Gasteiger partial charge in [0, 0.05) is 18.5 Å². The van der Waals surface area contributed by atoms with Crippen LogP contribution >= 0.6 is 0 Å². The largest absolute Gasteiger partial charge is 0.363 e. The first-order chi connectivity index (χ1) is 10.9. The number of piperidine rings is 1. The summed E-state index contributed by atoms with van der Waals surface area (Å²) in [5.74, 6) is -3.52. The van der Waals surface area contributed by atoms with Gasteiger partial charge in [-0.3, -0.25) is 29.3 Å². The maximum Gasteiger partial charge on any atom is 0.289 e. The molecule has 0 aromatic heterocycles. The van der Waals surface area contributed by atoms with Gasteiger partial charge >= 0.3 is 0 Å². The first-order valence-corrected chi connectivity index (χ1v) is 7.01. The van der Waals surface area contributed by atoms with E-state index in [0.29, 0.717) is 5.56 Å². The predicted octanol–water partition coefficient (Wildman–Crippen LogP) is -0.884. The third-order valence-electron chi connectivity index (χ3n) is 4.02. The number of ketones is 1. The molecule has 8 heteroatoms. The van der Waals surface area contributed by atoms with Crippen LogP contribution in [0.5, 0.6) is 0 Å². The molecule has 8 nitrogen and oxygen atoms in total. The van der Waals surface area contributed by atoms with Crippen LogP contribution in [-0.4, -0.2) is 40.4 Å². The van der Waals surface area contributed by atoms with Crippen LogP contribution in [0.3, 0.4) is 0 Å². The van der Waals surface area contributed by atoms with Gasteiger partial charge in [-0.1, -0.05) is 18.2 Å². The zero-order chi connectivity index (χ0) is 16.7. The summed E-state index contributed by atoms with van der Waals surface area (Å²) in [6.45, 7) is 0.139. The van der Waals surface area contributed by atoms with Gasteiger partial charge in [0.15, 0.2) is 0 Å². The molecule has 0 saturated carbocycles. The Morgan fingerprint density at radius 2 is 1.96 bits per heavy atom. The molecular weight excluding hydrogens is 302 g/mol. The summed E-state index contributed by atoms with van der Waals surface area (Å²) >= 11 is 0. The van der Waals surface area contributed by atoms with Crippen molar-refractivity contribution in [2.75, 3.05) is 0 Å². The van der Waals surface area contributed by atoms with Crippen LogP contribution in [0.1, 0.15) is 39.1 Å². The van der Waals surface area contributed by atoms with E-state index in [1.807, 2.05) is 0 Å². The summed E-state index contributed by atoms with van der Waals surface area (Å²) in [7, 11) is 0. The van der Waals surface area contributed by atoms with Gasteiger partial charge in [-0.25, -0.2) is 0 Å². The molecule has 23 heavy (non-hydrogen) atoms. The molecule has 2 aliphatic rings. The Morgan fingerprint density at radius 1 is 1.22 bits per heavy atom. The van der Waals surface area contributed by atoms with E-state index in [9.17, 15) is 24.0 Å². The van der Waals surface area contributed by atoms with Crippen LogP contribution < -0.4 is 11.1 Å². The molecule has 1 saturated heterocycles. The van der Waals surface area contributed by atoms with E-state index in [1.165, 1.54) is 11.0 Å². The van der Waals surface area contributed by atoms with Gasteiger partial charge in [0.1, 0.15) is 6.04 Å². The number of benzene rings is 1. The Bertz CT molecular complexity index is 770. The summed E-state index contributed by atoms with van der Waals surface area (Å²) < 4.78 is 0. The number of fused-ring (bicyclic) bond motifs is 1. The first kappa shape index (κ1) is 14.9. The van der Waals surface area contributed by atoms with Crippen molar-refractivity contribution in [2.24, 2.45) is 5.73 Å². The molecule has 3 rings (SSSR count). The predicted molar refractivity (Wildman–Crippen MR) is 76.0 cm³/mol. The number of primary amides is 1. The van der Waals surface area contributed by atoms with Crippen molar-refractivity contribution in [3.8, 4) is 0 Å². The second-order valence-corrected chi connectivity index (χ2v) is 5.43. The number of nitrogens with zero attached hydrogens (tertiary/aromatic N) is 1. The Labute approximate surface area is 130 Å². The van der Waals surface area contributed by atoms with Gasteiger partial charge in [-0.15, -0.1) is 0 Å². The lowest BCUT2D eigenvalue weighted by Crippen LogP contribution is -2.52. The summed E-state index contributed by atoms with van der Waals surface area (Å²) in [4.78, 5) is 60.1. The Balaban J connectivity index is 1.95. The second-order valence-electron chi connectivity index (χ2n) is 5.43. The van der Waals surface area contributed by atoms with Crippen LogP contribution in [0.25, 0.3) is 0 Å². The fraction of sp³-hybridized carbons (Fsp3) is 0.267. The lowest BCUT2D eigenvalue weighted by Gasteiger charge is -2.29. The van der Waals surface area contributed by atoms with Crippen LogP contribution in [0.2, 0.25) is 0 Å². The third kappa shape index (κ3) is 2.37. The SMILES string of the molecule is NC(=O)C(=O)c1cccc2c1C(=O)N(C1CCC(=O)NC1=O)C2. The Hall–Kier alpha value is -3.03. The quantitative estimate of drug-likeness (QED) is 0.425. The average molecular weight is 315 g/mol. The van der Waals surface area contributed by atoms with E-state index in [0.717, 1.165) is 0 Å². The molecule has 2 heterocycles.